The van der Waals surface area contributed by atoms with Gasteiger partial charge in [0, 0.05) is 25.0 Å². The van der Waals surface area contributed by atoms with Gasteiger partial charge in [-0.1, -0.05) is 29.3 Å². The highest BCUT2D eigenvalue weighted by molar-refractivity contribution is 6.42. The summed E-state index contributed by atoms with van der Waals surface area (Å²) in [5.74, 6) is 0. The van der Waals surface area contributed by atoms with Crippen molar-refractivity contribution in [3.8, 4) is 11.1 Å². The zero-order valence-corrected chi connectivity index (χ0v) is 9.65. The molecule has 0 saturated carbocycles. The van der Waals surface area contributed by atoms with Gasteiger partial charge in [-0.25, -0.2) is 0 Å². The van der Waals surface area contributed by atoms with Gasteiger partial charge in [0.25, 0.3) is 0 Å². The van der Waals surface area contributed by atoms with E-state index in [9.17, 15) is 0 Å². The van der Waals surface area contributed by atoms with Crippen molar-refractivity contribution in [2.45, 2.75) is 0 Å². The Morgan fingerprint density at radius 2 is 1.93 bits per heavy atom. The third kappa shape index (κ3) is 1.96. The van der Waals surface area contributed by atoms with Crippen LogP contribution in [0.1, 0.15) is 0 Å². The van der Waals surface area contributed by atoms with Crippen LogP contribution in [0.4, 0.5) is 5.69 Å². The molecular formula is C11H10Cl2N2. The summed E-state index contributed by atoms with van der Waals surface area (Å²) in [5.41, 5.74) is 3.15. The van der Waals surface area contributed by atoms with Gasteiger partial charge in [0.2, 0.25) is 0 Å². The Kier molecular flexibility index (Phi) is 2.89. The molecule has 4 heteroatoms. The molecule has 78 valence electrons. The SMILES string of the molecule is CNc1c[nH]cc1-c1ccc(Cl)c(Cl)c1. The van der Waals surface area contributed by atoms with E-state index in [1.807, 2.05) is 31.6 Å². The van der Waals surface area contributed by atoms with Gasteiger partial charge in [-0.15, -0.1) is 0 Å². The number of hydrogen-bond acceptors (Lipinski definition) is 1. The van der Waals surface area contributed by atoms with Crippen molar-refractivity contribution in [3.63, 3.8) is 0 Å². The summed E-state index contributed by atoms with van der Waals surface area (Å²) in [6.07, 6.45) is 3.82. The van der Waals surface area contributed by atoms with Crippen molar-refractivity contribution in [3.05, 3.63) is 40.6 Å². The predicted octanol–water partition coefficient (Wildman–Crippen LogP) is 4.03. The molecule has 0 amide bonds. The topological polar surface area (TPSA) is 27.8 Å². The average Bonchev–Trinajstić information content (AvgIpc) is 2.70. The monoisotopic (exact) mass is 240 g/mol. The van der Waals surface area contributed by atoms with Crippen LogP contribution >= 0.6 is 23.2 Å². The van der Waals surface area contributed by atoms with Gasteiger partial charge in [-0.3, -0.25) is 0 Å². The molecule has 0 bridgehead atoms. The fraction of sp³-hybridized carbons (Fsp3) is 0.0909. The number of nitrogens with one attached hydrogen (secondary N) is 2. The lowest BCUT2D eigenvalue weighted by Gasteiger charge is -2.04. The van der Waals surface area contributed by atoms with Crippen LogP contribution in [0.3, 0.4) is 0 Å². The molecule has 2 nitrogen and oxygen atoms in total. The number of halogens is 2. The Labute approximate surface area is 98.2 Å². The van der Waals surface area contributed by atoms with Crippen molar-refractivity contribution in [1.82, 2.24) is 4.98 Å². The molecule has 0 aliphatic carbocycles. The van der Waals surface area contributed by atoms with Crippen molar-refractivity contribution in [2.24, 2.45) is 0 Å². The van der Waals surface area contributed by atoms with Gasteiger partial charge < -0.3 is 10.3 Å². The molecule has 0 radical (unpaired) electrons. The Morgan fingerprint density at radius 1 is 1.13 bits per heavy atom. The molecule has 15 heavy (non-hydrogen) atoms. The van der Waals surface area contributed by atoms with E-state index in [1.54, 1.807) is 6.07 Å². The number of benzene rings is 1. The molecule has 0 saturated heterocycles. The maximum atomic E-state index is 5.96. The zero-order valence-electron chi connectivity index (χ0n) is 8.14. The standard InChI is InChI=1S/C11H10Cl2N2/c1-14-11-6-15-5-8(11)7-2-3-9(12)10(13)4-7/h2-6,14-15H,1H3. The van der Waals surface area contributed by atoms with Gasteiger partial charge in [0.05, 0.1) is 15.7 Å². The summed E-state index contributed by atoms with van der Waals surface area (Å²) in [6.45, 7) is 0. The minimum Gasteiger partial charge on any atom is -0.386 e. The van der Waals surface area contributed by atoms with Crippen LogP contribution < -0.4 is 5.32 Å². The van der Waals surface area contributed by atoms with E-state index >= 15 is 0 Å². The lowest BCUT2D eigenvalue weighted by Crippen LogP contribution is -1.87. The van der Waals surface area contributed by atoms with Crippen molar-refractivity contribution in [1.29, 1.82) is 0 Å². The van der Waals surface area contributed by atoms with Gasteiger partial charge >= 0.3 is 0 Å². The van der Waals surface area contributed by atoms with E-state index < -0.39 is 0 Å². The molecule has 2 N–H and O–H groups in total. The Hall–Kier alpha value is -1.12. The van der Waals surface area contributed by atoms with E-state index in [1.165, 1.54) is 0 Å². The van der Waals surface area contributed by atoms with Crippen LogP contribution in [0, 0.1) is 0 Å². The van der Waals surface area contributed by atoms with Crippen LogP contribution in [0.2, 0.25) is 10.0 Å². The fourth-order valence-corrected chi connectivity index (χ4v) is 1.77. The second kappa shape index (κ2) is 4.17. The maximum Gasteiger partial charge on any atom is 0.0598 e. The largest absolute Gasteiger partial charge is 0.386 e. The molecule has 1 aromatic carbocycles. The molecule has 2 rings (SSSR count). The highest BCUT2D eigenvalue weighted by atomic mass is 35.5. The number of rotatable bonds is 2. The normalized spacial score (nSPS) is 10.3. The third-order valence-electron chi connectivity index (χ3n) is 2.25. The summed E-state index contributed by atoms with van der Waals surface area (Å²) in [5, 5.41) is 4.24. The van der Waals surface area contributed by atoms with Crippen molar-refractivity contribution < 1.29 is 0 Å². The first kappa shape index (κ1) is 10.4. The molecule has 0 unspecified atom stereocenters. The summed E-state index contributed by atoms with van der Waals surface area (Å²) >= 11 is 11.8. The summed E-state index contributed by atoms with van der Waals surface area (Å²) in [6, 6.07) is 5.60. The number of aromatic amines is 1. The smallest absolute Gasteiger partial charge is 0.0598 e. The summed E-state index contributed by atoms with van der Waals surface area (Å²) in [7, 11) is 1.88. The number of hydrogen-bond donors (Lipinski definition) is 2. The van der Waals surface area contributed by atoms with Crippen LogP contribution in [-0.2, 0) is 0 Å². The van der Waals surface area contributed by atoms with Crippen LogP contribution in [0.15, 0.2) is 30.6 Å². The Balaban J connectivity index is 2.50. The van der Waals surface area contributed by atoms with Gasteiger partial charge in [0.15, 0.2) is 0 Å². The fourth-order valence-electron chi connectivity index (χ4n) is 1.47. The molecule has 2 aromatic rings. The molecule has 0 fully saturated rings. The van der Waals surface area contributed by atoms with E-state index in [2.05, 4.69) is 10.3 Å². The second-order valence-corrected chi connectivity index (χ2v) is 3.98. The van der Waals surface area contributed by atoms with Gasteiger partial charge in [0.1, 0.15) is 0 Å². The molecule has 1 aromatic heterocycles. The van der Waals surface area contributed by atoms with Crippen LogP contribution in [-0.4, -0.2) is 12.0 Å². The predicted molar refractivity (Wildman–Crippen MR) is 65.8 cm³/mol. The van der Waals surface area contributed by atoms with E-state index in [0.717, 1.165) is 16.8 Å². The number of aromatic nitrogens is 1. The lowest BCUT2D eigenvalue weighted by molar-refractivity contribution is 1.40. The van der Waals surface area contributed by atoms with Gasteiger partial charge in [-0.05, 0) is 17.7 Å². The van der Waals surface area contributed by atoms with E-state index in [4.69, 9.17) is 23.2 Å². The van der Waals surface area contributed by atoms with Crippen LogP contribution in [0.5, 0.6) is 0 Å². The van der Waals surface area contributed by atoms with E-state index in [0.29, 0.717) is 10.0 Å². The first-order chi connectivity index (χ1) is 7.22. The van der Waals surface area contributed by atoms with E-state index in [-0.39, 0.29) is 0 Å². The Bertz CT molecular complexity index is 477. The molecule has 0 aliphatic rings. The van der Waals surface area contributed by atoms with Crippen molar-refractivity contribution >= 4 is 28.9 Å². The minimum absolute atomic E-state index is 0.567. The maximum absolute atomic E-state index is 5.96. The van der Waals surface area contributed by atoms with Crippen molar-refractivity contribution in [2.75, 3.05) is 12.4 Å². The van der Waals surface area contributed by atoms with Gasteiger partial charge in [-0.2, -0.15) is 0 Å². The highest BCUT2D eigenvalue weighted by Crippen LogP contribution is 2.32. The molecule has 1 heterocycles. The lowest BCUT2D eigenvalue weighted by atomic mass is 10.1. The third-order valence-corrected chi connectivity index (χ3v) is 2.98. The Morgan fingerprint density at radius 3 is 2.60 bits per heavy atom. The summed E-state index contributed by atoms with van der Waals surface area (Å²) in [4.78, 5) is 3.04. The molecule has 0 atom stereocenters. The average molecular weight is 241 g/mol. The minimum atomic E-state index is 0.567. The van der Waals surface area contributed by atoms with Crippen LogP contribution in [0.25, 0.3) is 11.1 Å². The summed E-state index contributed by atoms with van der Waals surface area (Å²) < 4.78 is 0. The molecule has 0 spiro atoms. The molecule has 0 aliphatic heterocycles. The molecular weight excluding hydrogens is 231 g/mol. The number of anilines is 1. The number of H-pyrrole nitrogens is 1. The quantitative estimate of drug-likeness (QED) is 0.816. The first-order valence-corrected chi connectivity index (χ1v) is 5.28. The first-order valence-electron chi connectivity index (χ1n) is 4.52. The highest BCUT2D eigenvalue weighted by Gasteiger charge is 2.06. The zero-order chi connectivity index (χ0) is 10.8. The second-order valence-electron chi connectivity index (χ2n) is 3.16.